The van der Waals surface area contributed by atoms with E-state index in [1.807, 2.05) is 0 Å². The van der Waals surface area contributed by atoms with Crippen molar-refractivity contribution in [1.82, 2.24) is 25.1 Å². The molecule has 39 heavy (non-hydrogen) atoms. The molecular weight excluding hydrogens is 538 g/mol. The molecule has 2 N–H and O–H groups in total. The smallest absolute Gasteiger partial charge is 0.253 e. The largest absolute Gasteiger partial charge is 0.468 e. The molecule has 1 aliphatic carbocycles. The number of aliphatic imine (C=N–C) groups is 1. The Bertz CT molecular complexity index is 1630. The third-order valence-electron chi connectivity index (χ3n) is 7.07. The van der Waals surface area contributed by atoms with Crippen LogP contribution in [0.4, 0.5) is 17.6 Å². The van der Waals surface area contributed by atoms with Crippen LogP contribution in [0.15, 0.2) is 40.1 Å². The standard InChI is InChI=1S/C25H21F4N7O2S/c1-11-33-18(36-38-11)10-37-19-9-32-21-15(34-19)3-4-31-16(21)7-12-5-13(20(27)14(26)6-12)24(2)17-8-25(17,22(28)29)39-23(30)35-24/h3-6,9,17,22H,7-8,10H2,1-2H3,(H2,30,35)/t17-,24+,25-/m0/s1. The third kappa shape index (κ3) is 4.36. The number of nitrogens with two attached hydrogens (primary N) is 1. The Morgan fingerprint density at radius 1 is 1.23 bits per heavy atom. The molecule has 1 saturated carbocycles. The number of aromatic nitrogens is 5. The number of fused-ring (bicyclic) bond motifs is 2. The summed E-state index contributed by atoms with van der Waals surface area (Å²) < 4.78 is 66.9. The van der Waals surface area contributed by atoms with Crippen molar-refractivity contribution in [2.24, 2.45) is 16.6 Å². The van der Waals surface area contributed by atoms with Crippen LogP contribution in [-0.4, -0.2) is 41.4 Å². The summed E-state index contributed by atoms with van der Waals surface area (Å²) in [6.07, 6.45) is 0.421. The van der Waals surface area contributed by atoms with Gasteiger partial charge in [-0.2, -0.15) is 4.98 Å². The summed E-state index contributed by atoms with van der Waals surface area (Å²) in [4.78, 5) is 21.6. The molecular formula is C25H21F4N7O2S. The average Bonchev–Trinajstić information content (AvgIpc) is 3.51. The second-order valence-corrected chi connectivity index (χ2v) is 11.1. The molecule has 14 heteroatoms. The lowest BCUT2D eigenvalue weighted by Gasteiger charge is -2.34. The van der Waals surface area contributed by atoms with Gasteiger partial charge in [0.2, 0.25) is 17.6 Å². The van der Waals surface area contributed by atoms with Gasteiger partial charge >= 0.3 is 0 Å². The minimum Gasteiger partial charge on any atom is -0.468 e. The molecule has 4 heterocycles. The van der Waals surface area contributed by atoms with E-state index in [4.69, 9.17) is 15.0 Å². The minimum atomic E-state index is -2.68. The van der Waals surface area contributed by atoms with E-state index in [2.05, 4.69) is 30.1 Å². The van der Waals surface area contributed by atoms with Crippen molar-refractivity contribution in [2.75, 3.05) is 0 Å². The Morgan fingerprint density at radius 2 is 2.05 bits per heavy atom. The number of ether oxygens (including phenoxy) is 1. The molecule has 202 valence electrons. The molecule has 6 rings (SSSR count). The number of alkyl halides is 2. The molecule has 0 unspecified atom stereocenters. The van der Waals surface area contributed by atoms with E-state index >= 15 is 4.39 Å². The number of aryl methyl sites for hydroxylation is 1. The molecule has 3 aromatic heterocycles. The van der Waals surface area contributed by atoms with Gasteiger partial charge in [0.25, 0.3) is 6.43 Å². The van der Waals surface area contributed by atoms with E-state index in [-0.39, 0.29) is 36.1 Å². The summed E-state index contributed by atoms with van der Waals surface area (Å²) in [5, 5.41) is 3.68. The molecule has 0 amide bonds. The maximum Gasteiger partial charge on any atom is 0.253 e. The molecule has 1 aromatic carbocycles. The first-order valence-electron chi connectivity index (χ1n) is 11.9. The highest BCUT2D eigenvalue weighted by Gasteiger charge is 2.71. The number of amidine groups is 1. The van der Waals surface area contributed by atoms with Crippen LogP contribution >= 0.6 is 11.8 Å². The van der Waals surface area contributed by atoms with Gasteiger partial charge in [-0.05, 0) is 37.1 Å². The number of benzene rings is 1. The second-order valence-electron chi connectivity index (χ2n) is 9.68. The molecule has 9 nitrogen and oxygen atoms in total. The first-order valence-corrected chi connectivity index (χ1v) is 12.7. The van der Waals surface area contributed by atoms with Crippen molar-refractivity contribution in [3.63, 3.8) is 0 Å². The van der Waals surface area contributed by atoms with Crippen LogP contribution < -0.4 is 10.5 Å². The summed E-state index contributed by atoms with van der Waals surface area (Å²) in [5.41, 5.74) is 6.06. The predicted molar refractivity (Wildman–Crippen MR) is 133 cm³/mol. The van der Waals surface area contributed by atoms with Gasteiger partial charge in [0.05, 0.1) is 27.7 Å². The van der Waals surface area contributed by atoms with Crippen LogP contribution in [0.5, 0.6) is 5.88 Å². The number of thioether (sulfide) groups is 1. The van der Waals surface area contributed by atoms with Gasteiger partial charge in [-0.3, -0.25) is 9.98 Å². The van der Waals surface area contributed by atoms with E-state index in [1.54, 1.807) is 13.0 Å². The van der Waals surface area contributed by atoms with Gasteiger partial charge < -0.3 is 15.0 Å². The van der Waals surface area contributed by atoms with Crippen molar-refractivity contribution in [3.05, 3.63) is 70.8 Å². The van der Waals surface area contributed by atoms with Crippen LogP contribution in [0.25, 0.3) is 11.0 Å². The fourth-order valence-electron chi connectivity index (χ4n) is 5.14. The first kappa shape index (κ1) is 25.5. The molecule has 0 spiro atoms. The Hall–Kier alpha value is -3.81. The van der Waals surface area contributed by atoms with Gasteiger partial charge in [-0.15, -0.1) is 0 Å². The van der Waals surface area contributed by atoms with Gasteiger partial charge in [-0.25, -0.2) is 27.5 Å². The number of hydrogen-bond donors (Lipinski definition) is 1. The molecule has 0 saturated heterocycles. The van der Waals surface area contributed by atoms with Crippen molar-refractivity contribution >= 4 is 28.0 Å². The fraction of sp³-hybridized carbons (Fsp3) is 0.360. The maximum absolute atomic E-state index is 15.1. The maximum atomic E-state index is 15.1. The normalized spacial score (nSPS) is 24.1. The van der Waals surface area contributed by atoms with Crippen LogP contribution in [0.1, 0.15) is 41.9 Å². The monoisotopic (exact) mass is 559 g/mol. The molecule has 1 fully saturated rings. The number of pyridine rings is 1. The van der Waals surface area contributed by atoms with Gasteiger partial charge in [0.1, 0.15) is 5.52 Å². The highest BCUT2D eigenvalue weighted by molar-refractivity contribution is 8.15. The van der Waals surface area contributed by atoms with Crippen molar-refractivity contribution in [2.45, 2.75) is 50.0 Å². The molecule has 3 atom stereocenters. The van der Waals surface area contributed by atoms with E-state index < -0.39 is 34.3 Å². The lowest BCUT2D eigenvalue weighted by molar-refractivity contribution is 0.123. The highest BCUT2D eigenvalue weighted by atomic mass is 32.2. The zero-order chi connectivity index (χ0) is 27.5. The fourth-order valence-corrected chi connectivity index (χ4v) is 6.47. The summed E-state index contributed by atoms with van der Waals surface area (Å²) in [6, 6.07) is 4.14. The number of rotatable bonds is 7. The van der Waals surface area contributed by atoms with Crippen LogP contribution in [0.2, 0.25) is 0 Å². The Kier molecular flexibility index (Phi) is 5.97. The summed E-state index contributed by atoms with van der Waals surface area (Å²) in [7, 11) is 0. The van der Waals surface area contributed by atoms with Crippen molar-refractivity contribution in [3.8, 4) is 5.88 Å². The van der Waals surface area contributed by atoms with Gasteiger partial charge in [0, 0.05) is 31.0 Å². The van der Waals surface area contributed by atoms with E-state index in [0.29, 0.717) is 34.0 Å². The summed E-state index contributed by atoms with van der Waals surface area (Å²) in [6.45, 7) is 3.22. The lowest BCUT2D eigenvalue weighted by atomic mass is 9.84. The van der Waals surface area contributed by atoms with Crippen molar-refractivity contribution < 1.29 is 26.8 Å². The minimum absolute atomic E-state index is 0.0329. The molecule has 4 aromatic rings. The topological polar surface area (TPSA) is 125 Å². The quantitative estimate of drug-likeness (QED) is 0.327. The zero-order valence-corrected chi connectivity index (χ0v) is 21.5. The zero-order valence-electron chi connectivity index (χ0n) is 20.7. The Balaban J connectivity index is 1.30. The summed E-state index contributed by atoms with van der Waals surface area (Å²) in [5.74, 6) is -1.95. The summed E-state index contributed by atoms with van der Waals surface area (Å²) >= 11 is 0.805. The van der Waals surface area contributed by atoms with Crippen molar-refractivity contribution in [1.29, 1.82) is 0 Å². The highest BCUT2D eigenvalue weighted by Crippen LogP contribution is 2.68. The van der Waals surface area contributed by atoms with E-state index in [1.165, 1.54) is 25.4 Å². The Morgan fingerprint density at radius 3 is 2.79 bits per heavy atom. The predicted octanol–water partition coefficient (Wildman–Crippen LogP) is 4.46. The molecule has 0 radical (unpaired) electrons. The number of halogens is 4. The Labute approximate surface area is 223 Å². The van der Waals surface area contributed by atoms with Gasteiger partial charge in [0.15, 0.2) is 23.4 Å². The van der Waals surface area contributed by atoms with E-state index in [0.717, 1.165) is 17.8 Å². The molecule has 2 aliphatic rings. The number of hydrogen-bond acceptors (Lipinski definition) is 10. The second kappa shape index (κ2) is 9.14. The van der Waals surface area contributed by atoms with Gasteiger partial charge in [-0.1, -0.05) is 16.9 Å². The molecule has 0 bridgehead atoms. The molecule has 1 aliphatic heterocycles. The van der Waals surface area contributed by atoms with Crippen LogP contribution in [0.3, 0.4) is 0 Å². The van der Waals surface area contributed by atoms with Crippen LogP contribution in [-0.2, 0) is 18.6 Å². The van der Waals surface area contributed by atoms with E-state index in [9.17, 15) is 13.2 Å². The first-order chi connectivity index (χ1) is 18.6. The average molecular weight is 560 g/mol. The third-order valence-corrected chi connectivity index (χ3v) is 8.38. The number of nitrogens with zero attached hydrogens (tertiary/aromatic N) is 6. The lowest BCUT2D eigenvalue weighted by Crippen LogP contribution is -2.39. The SMILES string of the molecule is Cc1nc(COc2cnc3c(Cc4cc(F)c(F)c([C@@]5(C)N=C(N)S[C@@]6(C(F)F)C[C@@H]56)c4)nccc3n2)no1. The van der Waals surface area contributed by atoms with Crippen LogP contribution in [0, 0.1) is 24.5 Å².